The van der Waals surface area contributed by atoms with Gasteiger partial charge in [0.1, 0.15) is 5.75 Å². The smallest absolute Gasteiger partial charge is 0.257 e. The van der Waals surface area contributed by atoms with Crippen LogP contribution in [0.2, 0.25) is 0 Å². The van der Waals surface area contributed by atoms with Crippen LogP contribution in [0.4, 0.5) is 0 Å². The summed E-state index contributed by atoms with van der Waals surface area (Å²) in [6.07, 6.45) is 1.89. The number of carbonyl (C=O) groups is 1. The zero-order valence-corrected chi connectivity index (χ0v) is 15.8. The summed E-state index contributed by atoms with van der Waals surface area (Å²) >= 11 is 3.36. The number of nitrogens with one attached hydrogen (secondary N) is 1. The summed E-state index contributed by atoms with van der Waals surface area (Å²) in [7, 11) is 0. The van der Waals surface area contributed by atoms with E-state index in [9.17, 15) is 4.79 Å². The zero-order valence-electron chi connectivity index (χ0n) is 14.2. The van der Waals surface area contributed by atoms with Crippen LogP contribution in [0.3, 0.4) is 0 Å². The van der Waals surface area contributed by atoms with Gasteiger partial charge in [0.25, 0.3) is 5.91 Å². The molecular weight excluding hydrogens is 366 g/mol. The van der Waals surface area contributed by atoms with Crippen molar-refractivity contribution in [2.45, 2.75) is 32.6 Å². The highest BCUT2D eigenvalue weighted by Crippen LogP contribution is 2.16. The Balaban J connectivity index is 1.63. The molecule has 0 saturated heterocycles. The van der Waals surface area contributed by atoms with Crippen LogP contribution in [0.25, 0.3) is 0 Å². The molecule has 128 valence electrons. The minimum atomic E-state index is -0.0897. The number of aryl methyl sites for hydroxylation is 1. The maximum absolute atomic E-state index is 11.8. The number of rotatable bonds is 8. The largest absolute Gasteiger partial charge is 0.484 e. The van der Waals surface area contributed by atoms with Crippen LogP contribution in [0, 0.1) is 0 Å². The maximum atomic E-state index is 11.8. The van der Waals surface area contributed by atoms with E-state index in [1.807, 2.05) is 24.3 Å². The molecule has 1 N–H and O–H groups in total. The predicted octanol–water partition coefficient (Wildman–Crippen LogP) is 4.70. The number of hydrogen-bond donors (Lipinski definition) is 1. The Hall–Kier alpha value is -1.81. The van der Waals surface area contributed by atoms with Crippen molar-refractivity contribution in [3.8, 4) is 5.75 Å². The molecule has 0 aliphatic heterocycles. The van der Waals surface area contributed by atoms with Crippen LogP contribution in [0.15, 0.2) is 53.0 Å². The van der Waals surface area contributed by atoms with Gasteiger partial charge in [0, 0.05) is 11.0 Å². The number of carbonyl (C=O) groups excluding carboxylic acids is 1. The second kappa shape index (κ2) is 9.48. The van der Waals surface area contributed by atoms with E-state index in [0.717, 1.165) is 17.3 Å². The highest BCUT2D eigenvalue weighted by molar-refractivity contribution is 9.10. The Bertz CT molecular complexity index is 636. The van der Waals surface area contributed by atoms with Gasteiger partial charge in [-0.3, -0.25) is 4.79 Å². The van der Waals surface area contributed by atoms with Crippen LogP contribution >= 0.6 is 15.9 Å². The molecular formula is C20H24BrNO2. The fourth-order valence-electron chi connectivity index (χ4n) is 2.32. The number of ether oxygens (including phenoxy) is 1. The van der Waals surface area contributed by atoms with Gasteiger partial charge in [-0.2, -0.15) is 0 Å². The van der Waals surface area contributed by atoms with E-state index in [1.165, 1.54) is 11.1 Å². The van der Waals surface area contributed by atoms with E-state index in [-0.39, 0.29) is 12.5 Å². The third-order valence-electron chi connectivity index (χ3n) is 3.79. The molecule has 0 fully saturated rings. The van der Waals surface area contributed by atoms with Crippen LogP contribution in [0.5, 0.6) is 5.75 Å². The standard InChI is InChI=1S/C20H24BrNO2/c1-15(2)17-7-5-16(6-8-17)4-3-13-22-20(23)14-24-19-11-9-18(21)10-12-19/h5-12,15H,3-4,13-14H2,1-2H3,(H,22,23). The lowest BCUT2D eigenvalue weighted by Gasteiger charge is -2.09. The average molecular weight is 390 g/mol. The molecule has 0 atom stereocenters. The molecule has 0 aliphatic carbocycles. The third kappa shape index (κ3) is 6.36. The molecule has 0 spiro atoms. The lowest BCUT2D eigenvalue weighted by molar-refractivity contribution is -0.123. The summed E-state index contributed by atoms with van der Waals surface area (Å²) in [5.41, 5.74) is 2.66. The van der Waals surface area contributed by atoms with E-state index in [0.29, 0.717) is 18.2 Å². The van der Waals surface area contributed by atoms with E-state index in [2.05, 4.69) is 59.4 Å². The molecule has 2 aromatic carbocycles. The molecule has 2 rings (SSSR count). The van der Waals surface area contributed by atoms with Gasteiger partial charge >= 0.3 is 0 Å². The Labute approximate surface area is 152 Å². The molecule has 0 aromatic heterocycles. The third-order valence-corrected chi connectivity index (χ3v) is 4.32. The summed E-state index contributed by atoms with van der Waals surface area (Å²) in [4.78, 5) is 11.8. The predicted molar refractivity (Wildman–Crippen MR) is 101 cm³/mol. The van der Waals surface area contributed by atoms with Gasteiger partial charge in [-0.05, 0) is 54.2 Å². The Kier molecular flexibility index (Phi) is 7.32. The molecule has 0 bridgehead atoms. The van der Waals surface area contributed by atoms with Gasteiger partial charge in [0.05, 0.1) is 0 Å². The zero-order chi connectivity index (χ0) is 17.4. The number of benzene rings is 2. The van der Waals surface area contributed by atoms with Gasteiger partial charge in [-0.25, -0.2) is 0 Å². The molecule has 3 nitrogen and oxygen atoms in total. The fourth-order valence-corrected chi connectivity index (χ4v) is 2.58. The monoisotopic (exact) mass is 389 g/mol. The minimum absolute atomic E-state index is 0.0463. The second-order valence-corrected chi connectivity index (χ2v) is 7.01. The van der Waals surface area contributed by atoms with Gasteiger partial charge in [-0.1, -0.05) is 54.0 Å². The Morgan fingerprint density at radius 1 is 1.08 bits per heavy atom. The lowest BCUT2D eigenvalue weighted by Crippen LogP contribution is -2.29. The normalized spacial score (nSPS) is 10.7. The molecule has 1 amide bonds. The van der Waals surface area contributed by atoms with Crippen molar-refractivity contribution < 1.29 is 9.53 Å². The van der Waals surface area contributed by atoms with E-state index in [1.54, 1.807) is 0 Å². The van der Waals surface area contributed by atoms with Crippen molar-refractivity contribution in [3.05, 3.63) is 64.1 Å². The van der Waals surface area contributed by atoms with Crippen molar-refractivity contribution in [3.63, 3.8) is 0 Å². The van der Waals surface area contributed by atoms with Gasteiger partial charge in [0.15, 0.2) is 6.61 Å². The van der Waals surface area contributed by atoms with E-state index in [4.69, 9.17) is 4.74 Å². The highest BCUT2D eigenvalue weighted by Gasteiger charge is 2.03. The van der Waals surface area contributed by atoms with Crippen LogP contribution in [-0.2, 0) is 11.2 Å². The minimum Gasteiger partial charge on any atom is -0.484 e. The SMILES string of the molecule is CC(C)c1ccc(CCCNC(=O)COc2ccc(Br)cc2)cc1. The number of halogens is 1. The Morgan fingerprint density at radius 2 is 1.75 bits per heavy atom. The summed E-state index contributed by atoms with van der Waals surface area (Å²) in [6.45, 7) is 5.10. The second-order valence-electron chi connectivity index (χ2n) is 6.09. The Morgan fingerprint density at radius 3 is 2.38 bits per heavy atom. The molecule has 2 aromatic rings. The van der Waals surface area contributed by atoms with Gasteiger partial charge in [-0.15, -0.1) is 0 Å². The summed E-state index contributed by atoms with van der Waals surface area (Å²) < 4.78 is 6.43. The molecule has 4 heteroatoms. The van der Waals surface area contributed by atoms with Crippen molar-refractivity contribution >= 4 is 21.8 Å². The maximum Gasteiger partial charge on any atom is 0.257 e. The molecule has 0 unspecified atom stereocenters. The van der Waals surface area contributed by atoms with E-state index < -0.39 is 0 Å². The van der Waals surface area contributed by atoms with Crippen molar-refractivity contribution in [1.29, 1.82) is 0 Å². The molecule has 0 heterocycles. The van der Waals surface area contributed by atoms with Gasteiger partial charge in [0.2, 0.25) is 0 Å². The molecule has 24 heavy (non-hydrogen) atoms. The number of hydrogen-bond acceptors (Lipinski definition) is 2. The molecule has 0 radical (unpaired) electrons. The lowest BCUT2D eigenvalue weighted by atomic mass is 10.0. The molecule has 0 saturated carbocycles. The number of amides is 1. The van der Waals surface area contributed by atoms with Crippen LogP contribution in [-0.4, -0.2) is 19.1 Å². The first-order valence-electron chi connectivity index (χ1n) is 8.28. The average Bonchev–Trinajstić information content (AvgIpc) is 2.58. The van der Waals surface area contributed by atoms with E-state index >= 15 is 0 Å². The topological polar surface area (TPSA) is 38.3 Å². The highest BCUT2D eigenvalue weighted by atomic mass is 79.9. The van der Waals surface area contributed by atoms with Crippen molar-refractivity contribution in [1.82, 2.24) is 5.32 Å². The first kappa shape index (κ1) is 18.5. The summed E-state index contributed by atoms with van der Waals surface area (Å²) in [6, 6.07) is 16.2. The summed E-state index contributed by atoms with van der Waals surface area (Å²) in [5, 5.41) is 2.89. The van der Waals surface area contributed by atoms with Crippen LogP contribution < -0.4 is 10.1 Å². The van der Waals surface area contributed by atoms with Crippen molar-refractivity contribution in [2.24, 2.45) is 0 Å². The van der Waals surface area contributed by atoms with Crippen LogP contribution in [0.1, 0.15) is 37.3 Å². The summed E-state index contributed by atoms with van der Waals surface area (Å²) in [5.74, 6) is 1.16. The first-order valence-corrected chi connectivity index (χ1v) is 9.08. The molecule has 0 aliphatic rings. The quantitative estimate of drug-likeness (QED) is 0.664. The fraction of sp³-hybridized carbons (Fsp3) is 0.350. The first-order chi connectivity index (χ1) is 11.5. The van der Waals surface area contributed by atoms with Gasteiger partial charge < -0.3 is 10.1 Å². The van der Waals surface area contributed by atoms with Crippen molar-refractivity contribution in [2.75, 3.05) is 13.2 Å².